The normalized spacial score (nSPS) is 23.7. The van der Waals surface area contributed by atoms with Gasteiger partial charge in [0.25, 0.3) is 0 Å². The highest BCUT2D eigenvalue weighted by Gasteiger charge is 2.32. The van der Waals surface area contributed by atoms with Crippen molar-refractivity contribution >= 4 is 10.0 Å². The fraction of sp³-hybridized carbons (Fsp3) is 0.667. The van der Waals surface area contributed by atoms with Gasteiger partial charge >= 0.3 is 0 Å². The van der Waals surface area contributed by atoms with E-state index >= 15 is 0 Å². The van der Waals surface area contributed by atoms with Gasteiger partial charge in [0.1, 0.15) is 5.75 Å². The monoisotopic (exact) mass is 339 g/mol. The van der Waals surface area contributed by atoms with Crippen molar-refractivity contribution < 1.29 is 13.2 Å². The lowest BCUT2D eigenvalue weighted by atomic mass is 9.86. The summed E-state index contributed by atoms with van der Waals surface area (Å²) < 4.78 is 33.1. The van der Waals surface area contributed by atoms with Gasteiger partial charge in [0.2, 0.25) is 10.0 Å². The van der Waals surface area contributed by atoms with E-state index in [4.69, 9.17) is 4.74 Å². The number of benzene rings is 1. The number of hydrogen-bond donors (Lipinski definition) is 0. The summed E-state index contributed by atoms with van der Waals surface area (Å²) in [5.74, 6) is 1.53. The molecule has 130 valence electrons. The molecule has 1 aromatic rings. The maximum absolute atomic E-state index is 13.0. The van der Waals surface area contributed by atoms with Crippen LogP contribution in [0.5, 0.6) is 5.75 Å². The van der Waals surface area contributed by atoms with Crippen molar-refractivity contribution in [1.29, 1.82) is 0 Å². The maximum atomic E-state index is 13.0. The molecule has 0 radical (unpaired) electrons. The van der Waals surface area contributed by atoms with Crippen LogP contribution in [-0.2, 0) is 15.4 Å². The van der Waals surface area contributed by atoms with E-state index in [2.05, 4.69) is 34.6 Å². The molecule has 23 heavy (non-hydrogen) atoms. The molecule has 2 rings (SSSR count). The van der Waals surface area contributed by atoms with E-state index in [1.165, 1.54) is 0 Å². The van der Waals surface area contributed by atoms with Gasteiger partial charge in [-0.25, -0.2) is 8.42 Å². The Labute approximate surface area is 140 Å². The molecule has 1 fully saturated rings. The Morgan fingerprint density at radius 3 is 2.17 bits per heavy atom. The minimum atomic E-state index is -3.46. The van der Waals surface area contributed by atoms with Crippen molar-refractivity contribution in [1.82, 2.24) is 4.31 Å². The van der Waals surface area contributed by atoms with Gasteiger partial charge in [-0.2, -0.15) is 4.31 Å². The number of ether oxygens (including phenoxy) is 1. The second kappa shape index (κ2) is 6.44. The molecule has 0 amide bonds. The van der Waals surface area contributed by atoms with Crippen molar-refractivity contribution in [2.24, 2.45) is 11.8 Å². The topological polar surface area (TPSA) is 46.6 Å². The number of sulfonamides is 1. The molecule has 4 nitrogen and oxygen atoms in total. The summed E-state index contributed by atoms with van der Waals surface area (Å²) >= 11 is 0. The zero-order valence-corrected chi connectivity index (χ0v) is 15.9. The molecule has 0 aliphatic carbocycles. The van der Waals surface area contributed by atoms with Gasteiger partial charge in [0.05, 0.1) is 12.0 Å². The zero-order chi connectivity index (χ0) is 17.4. The summed E-state index contributed by atoms with van der Waals surface area (Å²) in [7, 11) is -1.84. The highest BCUT2D eigenvalue weighted by Crippen LogP contribution is 2.35. The Hall–Kier alpha value is -1.07. The molecule has 2 unspecified atom stereocenters. The minimum Gasteiger partial charge on any atom is -0.496 e. The van der Waals surface area contributed by atoms with Crippen molar-refractivity contribution in [2.75, 3.05) is 20.2 Å². The molecule has 1 saturated heterocycles. The molecule has 5 heteroatoms. The lowest BCUT2D eigenvalue weighted by Gasteiger charge is -2.34. The van der Waals surface area contributed by atoms with Gasteiger partial charge in [0.15, 0.2) is 0 Å². The maximum Gasteiger partial charge on any atom is 0.243 e. The van der Waals surface area contributed by atoms with Gasteiger partial charge in [-0.1, -0.05) is 34.6 Å². The highest BCUT2D eigenvalue weighted by molar-refractivity contribution is 7.89. The van der Waals surface area contributed by atoms with E-state index in [-0.39, 0.29) is 5.41 Å². The Bertz CT molecular complexity index is 651. The molecule has 1 heterocycles. The van der Waals surface area contributed by atoms with Crippen LogP contribution in [0.15, 0.2) is 23.1 Å². The number of rotatable bonds is 3. The standard InChI is InChI=1S/C18H29NO3S/c1-13-9-14(2)12-19(11-13)23(20,21)15-7-8-17(22-6)16(10-15)18(3,4)5/h7-8,10,13-14H,9,11-12H2,1-6H3. The van der Waals surface area contributed by atoms with E-state index in [1.807, 2.05) is 0 Å². The van der Waals surface area contributed by atoms with Crippen molar-refractivity contribution in [3.8, 4) is 5.75 Å². The molecule has 0 bridgehead atoms. The van der Waals surface area contributed by atoms with Crippen molar-refractivity contribution in [3.63, 3.8) is 0 Å². The first-order valence-corrected chi connectivity index (χ1v) is 9.68. The van der Waals surface area contributed by atoms with Crippen molar-refractivity contribution in [2.45, 2.75) is 51.3 Å². The summed E-state index contributed by atoms with van der Waals surface area (Å²) in [6.07, 6.45) is 1.09. The second-order valence-corrected chi connectivity index (χ2v) is 9.82. The number of hydrogen-bond acceptors (Lipinski definition) is 3. The third kappa shape index (κ3) is 3.89. The van der Waals surface area contributed by atoms with Crippen LogP contribution in [-0.4, -0.2) is 32.9 Å². The van der Waals surface area contributed by atoms with Crippen LogP contribution in [0.4, 0.5) is 0 Å². The Kier molecular flexibility index (Phi) is 5.12. The predicted molar refractivity (Wildman–Crippen MR) is 93.4 cm³/mol. The molecule has 1 aromatic carbocycles. The molecular weight excluding hydrogens is 310 g/mol. The first kappa shape index (κ1) is 18.3. The highest BCUT2D eigenvalue weighted by atomic mass is 32.2. The quantitative estimate of drug-likeness (QED) is 0.844. The Balaban J connectivity index is 2.44. The summed E-state index contributed by atoms with van der Waals surface area (Å²) in [5.41, 5.74) is 0.735. The predicted octanol–water partition coefficient (Wildman–Crippen LogP) is 3.66. The molecular formula is C18H29NO3S. The molecule has 0 saturated carbocycles. The van der Waals surface area contributed by atoms with Gasteiger partial charge in [-0.05, 0) is 41.9 Å². The van der Waals surface area contributed by atoms with Crippen molar-refractivity contribution in [3.05, 3.63) is 23.8 Å². The fourth-order valence-electron chi connectivity index (χ4n) is 3.38. The number of nitrogens with zero attached hydrogens (tertiary/aromatic N) is 1. The SMILES string of the molecule is COc1ccc(S(=O)(=O)N2CC(C)CC(C)C2)cc1C(C)(C)C. The lowest BCUT2D eigenvalue weighted by Crippen LogP contribution is -2.42. The van der Waals surface area contributed by atoms with Crippen LogP contribution in [0.3, 0.4) is 0 Å². The Morgan fingerprint density at radius 1 is 1.13 bits per heavy atom. The van der Waals surface area contributed by atoms with Crippen LogP contribution < -0.4 is 4.74 Å². The summed E-state index contributed by atoms with van der Waals surface area (Å²) in [5, 5.41) is 0. The number of methoxy groups -OCH3 is 1. The largest absolute Gasteiger partial charge is 0.496 e. The number of piperidine rings is 1. The molecule has 1 aliphatic heterocycles. The van der Waals surface area contributed by atoms with E-state index in [0.29, 0.717) is 29.8 Å². The Morgan fingerprint density at radius 2 is 1.70 bits per heavy atom. The van der Waals surface area contributed by atoms with Crippen LogP contribution in [0.25, 0.3) is 0 Å². The van der Waals surface area contributed by atoms with E-state index in [0.717, 1.165) is 17.7 Å². The molecule has 0 spiro atoms. The van der Waals surface area contributed by atoms with Gasteiger partial charge in [-0.3, -0.25) is 0 Å². The van der Waals surface area contributed by atoms with Crippen LogP contribution in [0.1, 0.15) is 46.6 Å². The summed E-state index contributed by atoms with van der Waals surface area (Å²) in [4.78, 5) is 0.365. The van der Waals surface area contributed by atoms with E-state index in [9.17, 15) is 8.42 Å². The third-order valence-electron chi connectivity index (χ3n) is 4.45. The van der Waals surface area contributed by atoms with E-state index in [1.54, 1.807) is 29.6 Å². The summed E-state index contributed by atoms with van der Waals surface area (Å²) in [6, 6.07) is 5.20. The third-order valence-corrected chi connectivity index (χ3v) is 6.28. The van der Waals surface area contributed by atoms with Gasteiger partial charge in [0, 0.05) is 18.7 Å². The smallest absolute Gasteiger partial charge is 0.243 e. The minimum absolute atomic E-state index is 0.181. The molecule has 0 aromatic heterocycles. The summed E-state index contributed by atoms with van der Waals surface area (Å²) in [6.45, 7) is 11.6. The van der Waals surface area contributed by atoms with Crippen LogP contribution in [0, 0.1) is 11.8 Å². The average Bonchev–Trinajstić information content (AvgIpc) is 2.44. The zero-order valence-electron chi connectivity index (χ0n) is 15.1. The first-order valence-electron chi connectivity index (χ1n) is 8.24. The fourth-order valence-corrected chi connectivity index (χ4v) is 5.09. The van der Waals surface area contributed by atoms with E-state index < -0.39 is 10.0 Å². The molecule has 0 N–H and O–H groups in total. The lowest BCUT2D eigenvalue weighted by molar-refractivity contribution is 0.222. The van der Waals surface area contributed by atoms with Crippen LogP contribution in [0.2, 0.25) is 0 Å². The van der Waals surface area contributed by atoms with Gasteiger partial charge in [-0.15, -0.1) is 0 Å². The second-order valence-electron chi connectivity index (χ2n) is 7.88. The molecule has 2 atom stereocenters. The average molecular weight is 340 g/mol. The van der Waals surface area contributed by atoms with Gasteiger partial charge < -0.3 is 4.74 Å². The molecule has 1 aliphatic rings. The van der Waals surface area contributed by atoms with Crippen LogP contribution >= 0.6 is 0 Å². The first-order chi connectivity index (χ1) is 10.6.